The predicted molar refractivity (Wildman–Crippen MR) is 81.0 cm³/mol. The van der Waals surface area contributed by atoms with Crippen molar-refractivity contribution >= 4 is 34.5 Å². The Balaban J connectivity index is 2.08. The van der Waals surface area contributed by atoms with Crippen LogP contribution in [-0.4, -0.2) is 6.54 Å². The van der Waals surface area contributed by atoms with E-state index in [9.17, 15) is 0 Å². The smallest absolute Gasteiger partial charge is 0.124 e. The molecule has 5 heteroatoms. The van der Waals surface area contributed by atoms with Crippen molar-refractivity contribution in [3.63, 3.8) is 0 Å². The zero-order valence-electron chi connectivity index (χ0n) is 9.95. The Bertz CT molecular complexity index is 608. The van der Waals surface area contributed by atoms with Gasteiger partial charge in [-0.1, -0.05) is 35.0 Å². The predicted octanol–water partition coefficient (Wildman–Crippen LogP) is 3.94. The van der Waals surface area contributed by atoms with Crippen molar-refractivity contribution in [2.45, 2.75) is 6.61 Å². The average Bonchev–Trinajstić information content (AvgIpc) is 2.80. The number of ether oxygens (including phenoxy) is 1. The molecule has 0 fully saturated rings. The third kappa shape index (κ3) is 4.15. The molecule has 1 aromatic carbocycles. The van der Waals surface area contributed by atoms with Crippen molar-refractivity contribution in [1.29, 1.82) is 0 Å². The van der Waals surface area contributed by atoms with E-state index in [0.717, 1.165) is 10.4 Å². The first-order valence-corrected chi connectivity index (χ1v) is 7.17. The summed E-state index contributed by atoms with van der Waals surface area (Å²) in [5.74, 6) is 6.49. The zero-order chi connectivity index (χ0) is 13.7. The van der Waals surface area contributed by atoms with Crippen molar-refractivity contribution in [2.75, 3.05) is 6.54 Å². The Kier molecular flexibility index (Phi) is 5.12. The molecule has 19 heavy (non-hydrogen) atoms. The summed E-state index contributed by atoms with van der Waals surface area (Å²) in [6, 6.07) is 7.08. The van der Waals surface area contributed by atoms with Crippen molar-refractivity contribution in [3.05, 3.63) is 50.1 Å². The Morgan fingerprint density at radius 3 is 2.63 bits per heavy atom. The molecule has 2 rings (SSSR count). The van der Waals surface area contributed by atoms with Gasteiger partial charge in [0.1, 0.15) is 12.4 Å². The molecule has 0 aliphatic rings. The normalized spacial score (nSPS) is 9.84. The molecule has 0 amide bonds. The van der Waals surface area contributed by atoms with Crippen LogP contribution in [0, 0.1) is 11.8 Å². The molecule has 1 heterocycles. The van der Waals surface area contributed by atoms with Gasteiger partial charge in [-0.05, 0) is 29.6 Å². The van der Waals surface area contributed by atoms with Crippen molar-refractivity contribution < 1.29 is 4.74 Å². The summed E-state index contributed by atoms with van der Waals surface area (Å²) in [6.07, 6.45) is 0. The minimum absolute atomic E-state index is 0.347. The van der Waals surface area contributed by atoms with E-state index in [2.05, 4.69) is 11.8 Å². The van der Waals surface area contributed by atoms with Crippen molar-refractivity contribution in [1.82, 2.24) is 0 Å². The van der Waals surface area contributed by atoms with Gasteiger partial charge in [-0.3, -0.25) is 0 Å². The molecule has 0 atom stereocenters. The van der Waals surface area contributed by atoms with Crippen LogP contribution in [0.25, 0.3) is 0 Å². The fourth-order valence-corrected chi connectivity index (χ4v) is 2.72. The summed E-state index contributed by atoms with van der Waals surface area (Å²) in [7, 11) is 0. The van der Waals surface area contributed by atoms with Crippen LogP contribution >= 0.6 is 34.5 Å². The van der Waals surface area contributed by atoms with Gasteiger partial charge in [0.2, 0.25) is 0 Å². The van der Waals surface area contributed by atoms with Crippen LogP contribution in [0.1, 0.15) is 10.4 Å². The van der Waals surface area contributed by atoms with E-state index in [4.69, 9.17) is 33.7 Å². The molecule has 98 valence electrons. The van der Waals surface area contributed by atoms with Crippen LogP contribution in [0.15, 0.2) is 29.6 Å². The van der Waals surface area contributed by atoms with Crippen LogP contribution in [0.5, 0.6) is 5.75 Å². The summed E-state index contributed by atoms with van der Waals surface area (Å²) < 4.78 is 5.68. The second-order valence-electron chi connectivity index (χ2n) is 3.66. The Hall–Kier alpha value is -1.18. The maximum atomic E-state index is 5.91. The van der Waals surface area contributed by atoms with E-state index < -0.39 is 0 Å². The topological polar surface area (TPSA) is 35.2 Å². The molecule has 1 aromatic heterocycles. The van der Waals surface area contributed by atoms with Gasteiger partial charge in [-0.25, -0.2) is 0 Å². The second-order valence-corrected chi connectivity index (χ2v) is 5.53. The Morgan fingerprint density at radius 2 is 1.95 bits per heavy atom. The second kappa shape index (κ2) is 6.83. The molecule has 0 saturated heterocycles. The molecule has 2 nitrogen and oxygen atoms in total. The molecule has 2 N–H and O–H groups in total. The largest absolute Gasteiger partial charge is 0.488 e. The molecule has 2 aromatic rings. The minimum Gasteiger partial charge on any atom is -0.488 e. The first-order chi connectivity index (χ1) is 9.19. The third-order valence-electron chi connectivity index (χ3n) is 2.28. The summed E-state index contributed by atoms with van der Waals surface area (Å²) in [5, 5.41) is 3.08. The lowest BCUT2D eigenvalue weighted by atomic mass is 10.2. The number of hydrogen-bond donors (Lipinski definition) is 1. The Labute approximate surface area is 126 Å². The number of hydrogen-bond acceptors (Lipinski definition) is 3. The van der Waals surface area contributed by atoms with Crippen LogP contribution in [0.4, 0.5) is 0 Å². The van der Waals surface area contributed by atoms with E-state index in [1.54, 1.807) is 29.5 Å². The zero-order valence-corrected chi connectivity index (χ0v) is 12.3. The highest BCUT2D eigenvalue weighted by Gasteiger charge is 2.04. The van der Waals surface area contributed by atoms with Gasteiger partial charge in [0.05, 0.1) is 11.4 Å². The summed E-state index contributed by atoms with van der Waals surface area (Å²) in [5.41, 5.74) is 6.31. The summed E-state index contributed by atoms with van der Waals surface area (Å²) in [6.45, 7) is 0.781. The van der Waals surface area contributed by atoms with Crippen LogP contribution in [0.2, 0.25) is 10.0 Å². The molecule has 0 saturated carbocycles. The molecule has 0 aliphatic heterocycles. The molecular formula is C14H11Cl2NOS. The van der Waals surface area contributed by atoms with Crippen LogP contribution < -0.4 is 10.5 Å². The summed E-state index contributed by atoms with van der Waals surface area (Å²) in [4.78, 5) is 1.05. The molecule has 0 unspecified atom stereocenters. The number of nitrogens with two attached hydrogens (primary N) is 1. The number of halogens is 2. The van der Waals surface area contributed by atoms with Gasteiger partial charge < -0.3 is 10.5 Å². The molecule has 0 radical (unpaired) electrons. The number of rotatable bonds is 3. The highest BCUT2D eigenvalue weighted by Crippen LogP contribution is 2.26. The highest BCUT2D eigenvalue weighted by atomic mass is 35.5. The van der Waals surface area contributed by atoms with Gasteiger partial charge in [0, 0.05) is 15.6 Å². The lowest BCUT2D eigenvalue weighted by Gasteiger charge is -2.06. The average molecular weight is 312 g/mol. The van der Waals surface area contributed by atoms with Gasteiger partial charge in [0.15, 0.2) is 0 Å². The number of benzene rings is 1. The third-order valence-corrected chi connectivity index (χ3v) is 3.61. The fourth-order valence-electron chi connectivity index (χ4n) is 1.47. The van der Waals surface area contributed by atoms with Gasteiger partial charge in [0.25, 0.3) is 0 Å². The van der Waals surface area contributed by atoms with E-state index in [1.807, 2.05) is 11.4 Å². The Morgan fingerprint density at radius 1 is 1.21 bits per heavy atom. The first kappa shape index (κ1) is 14.2. The lowest BCUT2D eigenvalue weighted by molar-refractivity contribution is 0.309. The SMILES string of the molecule is NCC#Cc1ccsc1COc1cc(Cl)cc(Cl)c1. The van der Waals surface area contributed by atoms with Crippen LogP contribution in [-0.2, 0) is 6.61 Å². The van der Waals surface area contributed by atoms with Gasteiger partial charge in [-0.15, -0.1) is 11.3 Å². The first-order valence-electron chi connectivity index (χ1n) is 5.53. The van der Waals surface area contributed by atoms with E-state index in [0.29, 0.717) is 28.9 Å². The molecular weight excluding hydrogens is 301 g/mol. The molecule has 0 spiro atoms. The number of thiophene rings is 1. The van der Waals surface area contributed by atoms with Crippen molar-refractivity contribution in [2.24, 2.45) is 5.73 Å². The monoisotopic (exact) mass is 311 g/mol. The summed E-state index contributed by atoms with van der Waals surface area (Å²) >= 11 is 13.4. The maximum absolute atomic E-state index is 5.91. The highest BCUT2D eigenvalue weighted by molar-refractivity contribution is 7.10. The minimum atomic E-state index is 0.347. The van der Waals surface area contributed by atoms with Gasteiger partial charge in [-0.2, -0.15) is 0 Å². The fraction of sp³-hybridized carbons (Fsp3) is 0.143. The maximum Gasteiger partial charge on any atom is 0.124 e. The van der Waals surface area contributed by atoms with E-state index >= 15 is 0 Å². The van der Waals surface area contributed by atoms with Crippen LogP contribution in [0.3, 0.4) is 0 Å². The molecule has 0 bridgehead atoms. The quantitative estimate of drug-likeness (QED) is 0.871. The van der Waals surface area contributed by atoms with E-state index in [-0.39, 0.29) is 0 Å². The molecule has 0 aliphatic carbocycles. The van der Waals surface area contributed by atoms with Crippen molar-refractivity contribution in [3.8, 4) is 17.6 Å². The standard InChI is InChI=1S/C14H11Cl2NOS/c15-11-6-12(16)8-13(7-11)18-9-14-10(2-1-4-17)3-5-19-14/h3,5-8H,4,9,17H2. The van der Waals surface area contributed by atoms with Gasteiger partial charge >= 0.3 is 0 Å². The lowest BCUT2D eigenvalue weighted by Crippen LogP contribution is -1.96. The van der Waals surface area contributed by atoms with E-state index in [1.165, 1.54) is 0 Å².